The summed E-state index contributed by atoms with van der Waals surface area (Å²) in [6, 6.07) is 11.2. The minimum atomic E-state index is -0.475. The average molecular weight is 232 g/mol. The zero-order chi connectivity index (χ0) is 11.9. The number of carbonyl (C=O) groups excluding carboxylic acids is 1. The first-order chi connectivity index (χ1) is 8.34. The van der Waals surface area contributed by atoms with Gasteiger partial charge in [0.15, 0.2) is 0 Å². The van der Waals surface area contributed by atoms with E-state index >= 15 is 0 Å². The van der Waals surface area contributed by atoms with Crippen LogP contribution in [-0.4, -0.2) is 11.2 Å². The number of nitrogens with zero attached hydrogens (tertiary/aromatic N) is 1. The molecule has 0 saturated heterocycles. The van der Waals surface area contributed by atoms with Crippen LogP contribution in [0.15, 0.2) is 47.2 Å². The molecule has 2 rings (SSSR count). The number of benzene rings is 1. The van der Waals surface area contributed by atoms with E-state index in [1.165, 1.54) is 6.26 Å². The summed E-state index contributed by atoms with van der Waals surface area (Å²) in [6.45, 7) is 0.551. The Morgan fingerprint density at radius 1 is 1.29 bits per heavy atom. The van der Waals surface area contributed by atoms with Crippen molar-refractivity contribution in [1.29, 1.82) is 0 Å². The third-order valence-electron chi connectivity index (χ3n) is 2.12. The molecule has 1 amide bonds. The number of amides is 1. The Bertz CT molecular complexity index is 454. The summed E-state index contributed by atoms with van der Waals surface area (Å²) in [7, 11) is 0. The van der Waals surface area contributed by atoms with Crippen molar-refractivity contribution in [1.82, 2.24) is 10.5 Å². The summed E-state index contributed by atoms with van der Waals surface area (Å²) < 4.78 is 9.65. The summed E-state index contributed by atoms with van der Waals surface area (Å²) in [5, 5.41) is 6.23. The second-order valence-corrected chi connectivity index (χ2v) is 3.41. The van der Waals surface area contributed by atoms with E-state index in [2.05, 4.69) is 15.0 Å². The molecular weight excluding hydrogens is 220 g/mol. The predicted molar refractivity (Wildman–Crippen MR) is 60.0 cm³/mol. The summed E-state index contributed by atoms with van der Waals surface area (Å²) in [4.78, 5) is 11.3. The summed E-state index contributed by atoms with van der Waals surface area (Å²) in [6.07, 6.45) is 0.976. The molecule has 1 heterocycles. The highest BCUT2D eigenvalue weighted by atomic mass is 16.5. The summed E-state index contributed by atoms with van der Waals surface area (Å²) in [5.41, 5.74) is 1.60. The maximum Gasteiger partial charge on any atom is 0.407 e. The van der Waals surface area contributed by atoms with Gasteiger partial charge < -0.3 is 14.6 Å². The smallest absolute Gasteiger partial charge is 0.407 e. The van der Waals surface area contributed by atoms with Gasteiger partial charge in [0, 0.05) is 6.07 Å². The second kappa shape index (κ2) is 5.69. The van der Waals surface area contributed by atoms with Gasteiger partial charge in [0.1, 0.15) is 18.6 Å². The molecule has 2 aromatic rings. The van der Waals surface area contributed by atoms with E-state index in [9.17, 15) is 4.79 Å². The topological polar surface area (TPSA) is 64.4 Å². The third kappa shape index (κ3) is 3.64. The van der Waals surface area contributed by atoms with Crippen LogP contribution in [0.2, 0.25) is 0 Å². The van der Waals surface area contributed by atoms with Crippen LogP contribution >= 0.6 is 0 Å². The Morgan fingerprint density at radius 2 is 2.12 bits per heavy atom. The van der Waals surface area contributed by atoms with Gasteiger partial charge in [0.2, 0.25) is 0 Å². The van der Waals surface area contributed by atoms with Crippen LogP contribution < -0.4 is 5.32 Å². The summed E-state index contributed by atoms with van der Waals surface area (Å²) >= 11 is 0. The quantitative estimate of drug-likeness (QED) is 0.876. The monoisotopic (exact) mass is 232 g/mol. The number of alkyl carbamates (subject to hydrolysis) is 1. The van der Waals surface area contributed by atoms with Crippen molar-refractivity contribution < 1.29 is 14.1 Å². The fraction of sp³-hybridized carbons (Fsp3) is 0.167. The van der Waals surface area contributed by atoms with Gasteiger partial charge in [-0.05, 0) is 5.56 Å². The number of ether oxygens (including phenoxy) is 1. The van der Waals surface area contributed by atoms with Gasteiger partial charge in [-0.25, -0.2) is 4.79 Å². The lowest BCUT2D eigenvalue weighted by Gasteiger charge is -2.05. The molecule has 1 aromatic carbocycles. The van der Waals surface area contributed by atoms with Gasteiger partial charge in [-0.2, -0.15) is 0 Å². The SMILES string of the molecule is O=C(NCc1ccon1)OCc1ccccc1. The average Bonchev–Trinajstić information content (AvgIpc) is 2.88. The molecule has 1 N–H and O–H groups in total. The van der Waals surface area contributed by atoms with E-state index < -0.39 is 6.09 Å². The van der Waals surface area contributed by atoms with Gasteiger partial charge in [0.25, 0.3) is 0 Å². The van der Waals surface area contributed by atoms with Crippen LogP contribution in [0.25, 0.3) is 0 Å². The Balaban J connectivity index is 1.71. The fourth-order valence-corrected chi connectivity index (χ4v) is 1.27. The van der Waals surface area contributed by atoms with Gasteiger partial charge in [-0.15, -0.1) is 0 Å². The van der Waals surface area contributed by atoms with E-state index in [1.807, 2.05) is 30.3 Å². The first-order valence-electron chi connectivity index (χ1n) is 5.18. The molecule has 0 fully saturated rings. The van der Waals surface area contributed by atoms with Crippen LogP contribution in [0, 0.1) is 0 Å². The molecule has 1 aromatic heterocycles. The van der Waals surface area contributed by atoms with E-state index in [-0.39, 0.29) is 6.61 Å². The third-order valence-corrected chi connectivity index (χ3v) is 2.12. The molecule has 0 aliphatic carbocycles. The predicted octanol–water partition coefficient (Wildman–Crippen LogP) is 2.10. The number of nitrogens with one attached hydrogen (secondary N) is 1. The number of carbonyl (C=O) groups is 1. The largest absolute Gasteiger partial charge is 0.445 e. The van der Waals surface area contributed by atoms with Crippen molar-refractivity contribution in [3.8, 4) is 0 Å². The molecule has 0 saturated carbocycles. The van der Waals surface area contributed by atoms with Crippen molar-refractivity contribution in [2.24, 2.45) is 0 Å². The second-order valence-electron chi connectivity index (χ2n) is 3.41. The maximum absolute atomic E-state index is 11.3. The molecule has 0 aliphatic rings. The molecule has 5 nitrogen and oxygen atoms in total. The molecule has 0 spiro atoms. The van der Waals surface area contributed by atoms with Crippen LogP contribution in [0.5, 0.6) is 0 Å². The molecular formula is C12H12N2O3. The van der Waals surface area contributed by atoms with Gasteiger partial charge in [-0.3, -0.25) is 0 Å². The molecule has 0 radical (unpaired) electrons. The molecule has 5 heteroatoms. The van der Waals surface area contributed by atoms with Crippen molar-refractivity contribution in [3.63, 3.8) is 0 Å². The highest BCUT2D eigenvalue weighted by molar-refractivity contribution is 5.67. The van der Waals surface area contributed by atoms with Gasteiger partial charge in [-0.1, -0.05) is 35.5 Å². The van der Waals surface area contributed by atoms with Crippen molar-refractivity contribution in [2.45, 2.75) is 13.2 Å². The Labute approximate surface area is 98.4 Å². The minimum absolute atomic E-state index is 0.255. The highest BCUT2D eigenvalue weighted by Gasteiger charge is 2.03. The maximum atomic E-state index is 11.3. The number of aromatic nitrogens is 1. The molecule has 0 unspecified atom stereocenters. The molecule has 0 bridgehead atoms. The summed E-state index contributed by atoms with van der Waals surface area (Å²) in [5.74, 6) is 0. The molecule has 0 atom stereocenters. The van der Waals surface area contributed by atoms with Gasteiger partial charge >= 0.3 is 6.09 Å². The lowest BCUT2D eigenvalue weighted by atomic mass is 10.2. The number of rotatable bonds is 4. The van der Waals surface area contributed by atoms with E-state index in [0.717, 1.165) is 5.56 Å². The van der Waals surface area contributed by atoms with Crippen molar-refractivity contribution >= 4 is 6.09 Å². The number of hydrogen-bond donors (Lipinski definition) is 1. The Kier molecular flexibility index (Phi) is 3.75. The molecule has 0 aliphatic heterocycles. The first-order valence-corrected chi connectivity index (χ1v) is 5.18. The van der Waals surface area contributed by atoms with E-state index in [1.54, 1.807) is 6.07 Å². The zero-order valence-electron chi connectivity index (χ0n) is 9.13. The van der Waals surface area contributed by atoms with Crippen molar-refractivity contribution in [3.05, 3.63) is 53.9 Å². The van der Waals surface area contributed by atoms with E-state index in [0.29, 0.717) is 12.2 Å². The lowest BCUT2D eigenvalue weighted by Crippen LogP contribution is -2.23. The standard InChI is InChI=1S/C12H12N2O3/c15-12(13-8-11-6-7-17-14-11)16-9-10-4-2-1-3-5-10/h1-7H,8-9H2,(H,13,15). The van der Waals surface area contributed by atoms with Crippen LogP contribution in [-0.2, 0) is 17.9 Å². The van der Waals surface area contributed by atoms with Crippen LogP contribution in [0.1, 0.15) is 11.3 Å². The van der Waals surface area contributed by atoms with Crippen LogP contribution in [0.4, 0.5) is 4.79 Å². The Morgan fingerprint density at radius 3 is 2.82 bits per heavy atom. The van der Waals surface area contributed by atoms with Crippen LogP contribution in [0.3, 0.4) is 0 Å². The Hall–Kier alpha value is -2.30. The van der Waals surface area contributed by atoms with Gasteiger partial charge in [0.05, 0.1) is 6.54 Å². The molecule has 17 heavy (non-hydrogen) atoms. The molecule has 88 valence electrons. The zero-order valence-corrected chi connectivity index (χ0v) is 9.13. The first kappa shape index (κ1) is 11.2. The normalized spacial score (nSPS) is 9.88. The fourth-order valence-electron chi connectivity index (χ4n) is 1.27. The van der Waals surface area contributed by atoms with E-state index in [4.69, 9.17) is 4.74 Å². The number of hydrogen-bond acceptors (Lipinski definition) is 4. The lowest BCUT2D eigenvalue weighted by molar-refractivity contribution is 0.139. The minimum Gasteiger partial charge on any atom is -0.445 e. The highest BCUT2D eigenvalue weighted by Crippen LogP contribution is 2.00. The van der Waals surface area contributed by atoms with Crippen molar-refractivity contribution in [2.75, 3.05) is 0 Å².